The third kappa shape index (κ3) is 6.57. The van der Waals surface area contributed by atoms with Gasteiger partial charge < -0.3 is 15.5 Å². The number of rotatable bonds is 8. The maximum absolute atomic E-state index is 11.6. The van der Waals surface area contributed by atoms with Crippen molar-refractivity contribution in [1.29, 1.82) is 0 Å². The highest BCUT2D eigenvalue weighted by molar-refractivity contribution is 5.90. The highest BCUT2D eigenvalue weighted by Crippen LogP contribution is 2.13. The van der Waals surface area contributed by atoms with Crippen molar-refractivity contribution >= 4 is 17.6 Å². The first-order valence-corrected chi connectivity index (χ1v) is 6.33. The molecule has 5 heteroatoms. The molecule has 0 fully saturated rings. The third-order valence-corrected chi connectivity index (χ3v) is 2.63. The van der Waals surface area contributed by atoms with Gasteiger partial charge in [0.2, 0.25) is 5.91 Å². The molecule has 1 aromatic carbocycles. The summed E-state index contributed by atoms with van der Waals surface area (Å²) in [6.07, 6.45) is 2.00. The van der Waals surface area contributed by atoms with Crippen LogP contribution >= 0.6 is 0 Å². The van der Waals surface area contributed by atoms with Crippen LogP contribution in [0.2, 0.25) is 0 Å². The number of aliphatic hydroxyl groups is 1. The minimum atomic E-state index is -0.890. The predicted molar refractivity (Wildman–Crippen MR) is 72.0 cm³/mol. The van der Waals surface area contributed by atoms with Crippen molar-refractivity contribution in [3.05, 3.63) is 29.8 Å². The molecule has 1 aromatic rings. The molecule has 0 unspecified atom stereocenters. The van der Waals surface area contributed by atoms with Gasteiger partial charge in [-0.15, -0.1) is 0 Å². The van der Waals surface area contributed by atoms with Crippen molar-refractivity contribution in [2.45, 2.75) is 32.1 Å². The Bertz CT molecular complexity index is 431. The largest absolute Gasteiger partial charge is 0.481 e. The molecule has 0 aliphatic rings. The molecule has 0 aliphatic carbocycles. The van der Waals surface area contributed by atoms with Crippen molar-refractivity contribution in [2.24, 2.45) is 0 Å². The monoisotopic (exact) mass is 265 g/mol. The number of aliphatic carboxylic acids is 1. The molecule has 0 aromatic heterocycles. The first-order chi connectivity index (χ1) is 9.11. The van der Waals surface area contributed by atoms with E-state index >= 15 is 0 Å². The summed E-state index contributed by atoms with van der Waals surface area (Å²) in [4.78, 5) is 21.9. The van der Waals surface area contributed by atoms with Gasteiger partial charge in [0.15, 0.2) is 0 Å². The Morgan fingerprint density at radius 3 is 2.63 bits per heavy atom. The van der Waals surface area contributed by atoms with Crippen LogP contribution in [0.25, 0.3) is 0 Å². The fourth-order valence-electron chi connectivity index (χ4n) is 1.71. The van der Waals surface area contributed by atoms with E-state index in [0.717, 1.165) is 12.0 Å². The number of anilines is 1. The lowest BCUT2D eigenvalue weighted by Crippen LogP contribution is -2.12. The standard InChI is InChI=1S/C14H19NO4/c16-9-3-5-11-4-1-6-12(10-11)15-13(17)7-2-8-14(18)19/h1,4,6,10,16H,2-3,5,7-9H2,(H,15,17)(H,18,19). The van der Waals surface area contributed by atoms with Crippen molar-refractivity contribution in [2.75, 3.05) is 11.9 Å². The second-order valence-corrected chi connectivity index (χ2v) is 4.32. The number of carbonyl (C=O) groups is 2. The van der Waals surface area contributed by atoms with Crippen LogP contribution in [-0.2, 0) is 16.0 Å². The molecule has 5 nitrogen and oxygen atoms in total. The lowest BCUT2D eigenvalue weighted by atomic mass is 10.1. The molecule has 0 bridgehead atoms. The number of hydrogen-bond donors (Lipinski definition) is 3. The van der Waals surface area contributed by atoms with Gasteiger partial charge in [-0.05, 0) is 37.0 Å². The van der Waals surface area contributed by atoms with Crippen LogP contribution in [0.4, 0.5) is 5.69 Å². The Hall–Kier alpha value is -1.88. The van der Waals surface area contributed by atoms with E-state index in [4.69, 9.17) is 10.2 Å². The fourth-order valence-corrected chi connectivity index (χ4v) is 1.71. The highest BCUT2D eigenvalue weighted by atomic mass is 16.4. The number of carbonyl (C=O) groups excluding carboxylic acids is 1. The zero-order valence-electron chi connectivity index (χ0n) is 10.8. The van der Waals surface area contributed by atoms with Gasteiger partial charge in [0.25, 0.3) is 0 Å². The molecular weight excluding hydrogens is 246 g/mol. The van der Waals surface area contributed by atoms with Crippen LogP contribution in [0.1, 0.15) is 31.2 Å². The summed E-state index contributed by atoms with van der Waals surface area (Å²) in [5.74, 6) is -1.07. The van der Waals surface area contributed by atoms with Crippen molar-refractivity contribution in [3.8, 4) is 0 Å². The quantitative estimate of drug-likeness (QED) is 0.669. The van der Waals surface area contributed by atoms with E-state index in [2.05, 4.69) is 5.32 Å². The Morgan fingerprint density at radius 2 is 1.95 bits per heavy atom. The third-order valence-electron chi connectivity index (χ3n) is 2.63. The Balaban J connectivity index is 2.42. The first-order valence-electron chi connectivity index (χ1n) is 6.33. The Labute approximate surface area is 112 Å². The molecule has 0 atom stereocenters. The van der Waals surface area contributed by atoms with Gasteiger partial charge in [0.1, 0.15) is 0 Å². The van der Waals surface area contributed by atoms with Crippen LogP contribution in [0, 0.1) is 0 Å². The SMILES string of the molecule is O=C(O)CCCC(=O)Nc1cccc(CCCO)c1. The Morgan fingerprint density at radius 1 is 1.16 bits per heavy atom. The molecule has 0 saturated heterocycles. The molecule has 0 heterocycles. The highest BCUT2D eigenvalue weighted by Gasteiger charge is 2.05. The van der Waals surface area contributed by atoms with Crippen molar-refractivity contribution in [1.82, 2.24) is 0 Å². The maximum Gasteiger partial charge on any atom is 0.303 e. The van der Waals surface area contributed by atoms with Crippen LogP contribution in [0.15, 0.2) is 24.3 Å². The molecule has 1 amide bonds. The van der Waals surface area contributed by atoms with E-state index in [-0.39, 0.29) is 25.4 Å². The van der Waals surface area contributed by atoms with Crippen molar-refractivity contribution in [3.63, 3.8) is 0 Å². The van der Waals surface area contributed by atoms with Crippen LogP contribution in [0.5, 0.6) is 0 Å². The smallest absolute Gasteiger partial charge is 0.303 e. The van der Waals surface area contributed by atoms with E-state index < -0.39 is 5.97 Å². The zero-order valence-corrected chi connectivity index (χ0v) is 10.8. The van der Waals surface area contributed by atoms with E-state index in [0.29, 0.717) is 18.5 Å². The number of amides is 1. The van der Waals surface area contributed by atoms with E-state index in [1.54, 1.807) is 6.07 Å². The number of hydrogen-bond acceptors (Lipinski definition) is 3. The second-order valence-electron chi connectivity index (χ2n) is 4.32. The summed E-state index contributed by atoms with van der Waals surface area (Å²) in [5.41, 5.74) is 1.76. The zero-order chi connectivity index (χ0) is 14.1. The fraction of sp³-hybridized carbons (Fsp3) is 0.429. The summed E-state index contributed by atoms with van der Waals surface area (Å²) in [5, 5.41) is 20.0. The number of carboxylic acids is 1. The molecule has 0 saturated carbocycles. The summed E-state index contributed by atoms with van der Waals surface area (Å²) in [6.45, 7) is 0.145. The molecular formula is C14H19NO4. The van der Waals surface area contributed by atoms with Gasteiger partial charge >= 0.3 is 5.97 Å². The van der Waals surface area contributed by atoms with Crippen LogP contribution < -0.4 is 5.32 Å². The van der Waals surface area contributed by atoms with E-state index in [1.807, 2.05) is 18.2 Å². The van der Waals surface area contributed by atoms with E-state index in [1.165, 1.54) is 0 Å². The van der Waals surface area contributed by atoms with Crippen molar-refractivity contribution < 1.29 is 19.8 Å². The average Bonchev–Trinajstić information content (AvgIpc) is 2.36. The molecule has 0 spiro atoms. The maximum atomic E-state index is 11.6. The van der Waals surface area contributed by atoms with Gasteiger partial charge in [0.05, 0.1) is 0 Å². The number of carboxylic acid groups (broad SMARTS) is 1. The molecule has 19 heavy (non-hydrogen) atoms. The van der Waals surface area contributed by atoms with Gasteiger partial charge in [0, 0.05) is 25.1 Å². The number of aliphatic hydroxyl groups excluding tert-OH is 1. The first kappa shape index (κ1) is 15.2. The summed E-state index contributed by atoms with van der Waals surface area (Å²) >= 11 is 0. The lowest BCUT2D eigenvalue weighted by Gasteiger charge is -2.07. The second kappa shape index (κ2) is 8.26. The van der Waals surface area contributed by atoms with Gasteiger partial charge in [-0.25, -0.2) is 0 Å². The van der Waals surface area contributed by atoms with E-state index in [9.17, 15) is 9.59 Å². The Kier molecular flexibility index (Phi) is 6.60. The lowest BCUT2D eigenvalue weighted by molar-refractivity contribution is -0.137. The van der Waals surface area contributed by atoms with Crippen LogP contribution in [0.3, 0.4) is 0 Å². The van der Waals surface area contributed by atoms with Crippen LogP contribution in [-0.4, -0.2) is 28.7 Å². The molecule has 0 aliphatic heterocycles. The minimum absolute atomic E-state index is 0.00393. The van der Waals surface area contributed by atoms with Gasteiger partial charge in [-0.3, -0.25) is 9.59 Å². The number of benzene rings is 1. The summed E-state index contributed by atoms with van der Waals surface area (Å²) in [7, 11) is 0. The van der Waals surface area contributed by atoms with Gasteiger partial charge in [-0.2, -0.15) is 0 Å². The molecule has 104 valence electrons. The summed E-state index contributed by atoms with van der Waals surface area (Å²) in [6, 6.07) is 7.44. The number of aryl methyl sites for hydroxylation is 1. The average molecular weight is 265 g/mol. The minimum Gasteiger partial charge on any atom is -0.481 e. The number of nitrogens with one attached hydrogen (secondary N) is 1. The van der Waals surface area contributed by atoms with Gasteiger partial charge in [-0.1, -0.05) is 12.1 Å². The normalized spacial score (nSPS) is 10.2. The molecule has 3 N–H and O–H groups in total. The predicted octanol–water partition coefficient (Wildman–Crippen LogP) is 1.80. The molecule has 0 radical (unpaired) electrons. The summed E-state index contributed by atoms with van der Waals surface area (Å²) < 4.78 is 0. The topological polar surface area (TPSA) is 86.6 Å². The molecule has 1 rings (SSSR count).